The number of hydrogen-bond acceptors (Lipinski definition) is 3. The highest BCUT2D eigenvalue weighted by Gasteiger charge is 2.25. The number of thiophene rings is 1. The van der Waals surface area contributed by atoms with Crippen LogP contribution in [0.5, 0.6) is 0 Å². The molecule has 2 N–H and O–H groups in total. The minimum atomic E-state index is -0.0663. The van der Waals surface area contributed by atoms with Gasteiger partial charge in [0.2, 0.25) is 0 Å². The predicted octanol–water partition coefficient (Wildman–Crippen LogP) is 6.42. The van der Waals surface area contributed by atoms with E-state index >= 15 is 0 Å². The lowest BCUT2D eigenvalue weighted by atomic mass is 9.95. The number of benzene rings is 2. The van der Waals surface area contributed by atoms with Gasteiger partial charge in [-0.25, -0.2) is 4.99 Å². The number of nitrogens with zero attached hydrogens (tertiary/aromatic N) is 1. The fraction of sp³-hybridized carbons (Fsp3) is 0.200. The van der Waals surface area contributed by atoms with E-state index in [4.69, 9.17) is 4.99 Å². The van der Waals surface area contributed by atoms with Gasteiger partial charge >= 0.3 is 0 Å². The van der Waals surface area contributed by atoms with Crippen LogP contribution in [0.25, 0.3) is 10.9 Å². The highest BCUT2D eigenvalue weighted by Crippen LogP contribution is 2.40. The van der Waals surface area contributed by atoms with Gasteiger partial charge in [0.15, 0.2) is 0 Å². The standard InChI is InChI=1S/C25H23N3OS/c1-16-20(18-11-5-7-13-21(18)27-16)15-26-25-23(19-12-6-8-14-22(19)30-25)24(29)28-17-9-3-2-4-10-17/h2-5,7,9-11,13,15,27H,6,8,12,14H2,1H3,(H,28,29). The summed E-state index contributed by atoms with van der Waals surface area (Å²) in [5.41, 5.74) is 5.99. The number of anilines is 1. The van der Waals surface area contributed by atoms with Crippen molar-refractivity contribution in [2.45, 2.75) is 32.6 Å². The zero-order valence-corrected chi connectivity index (χ0v) is 17.7. The maximum absolute atomic E-state index is 13.2. The lowest BCUT2D eigenvalue weighted by Gasteiger charge is -2.12. The normalized spacial score (nSPS) is 13.6. The molecule has 1 aliphatic rings. The van der Waals surface area contributed by atoms with E-state index in [0.717, 1.165) is 57.7 Å². The third-order valence-electron chi connectivity index (χ3n) is 5.67. The number of carbonyl (C=O) groups is 1. The van der Waals surface area contributed by atoms with Gasteiger partial charge in [-0.1, -0.05) is 36.4 Å². The van der Waals surface area contributed by atoms with E-state index in [0.29, 0.717) is 0 Å². The number of aromatic amines is 1. The Morgan fingerprint density at radius 1 is 1.07 bits per heavy atom. The molecule has 30 heavy (non-hydrogen) atoms. The highest BCUT2D eigenvalue weighted by molar-refractivity contribution is 7.16. The average Bonchev–Trinajstić information content (AvgIpc) is 3.29. The first-order valence-corrected chi connectivity index (χ1v) is 11.1. The molecule has 0 atom stereocenters. The van der Waals surface area contributed by atoms with Crippen LogP contribution in [0.4, 0.5) is 10.7 Å². The first-order valence-electron chi connectivity index (χ1n) is 10.3. The Kier molecular flexibility index (Phi) is 4.97. The number of aromatic nitrogens is 1. The van der Waals surface area contributed by atoms with E-state index in [9.17, 15) is 4.79 Å². The number of aryl methyl sites for hydroxylation is 2. The number of rotatable bonds is 4. The lowest BCUT2D eigenvalue weighted by molar-refractivity contribution is 0.102. The van der Waals surface area contributed by atoms with E-state index in [1.54, 1.807) is 11.3 Å². The minimum Gasteiger partial charge on any atom is -0.358 e. The quantitative estimate of drug-likeness (QED) is 0.373. The molecule has 5 rings (SSSR count). The molecule has 150 valence electrons. The van der Waals surface area contributed by atoms with E-state index in [1.165, 1.54) is 16.9 Å². The van der Waals surface area contributed by atoms with Gasteiger partial charge < -0.3 is 10.3 Å². The van der Waals surface area contributed by atoms with E-state index in [1.807, 2.05) is 48.7 Å². The topological polar surface area (TPSA) is 57.2 Å². The van der Waals surface area contributed by atoms with Gasteiger partial charge in [-0.15, -0.1) is 11.3 Å². The largest absolute Gasteiger partial charge is 0.358 e. The summed E-state index contributed by atoms with van der Waals surface area (Å²) >= 11 is 1.66. The van der Waals surface area contributed by atoms with Crippen molar-refractivity contribution < 1.29 is 4.79 Å². The van der Waals surface area contributed by atoms with Crippen LogP contribution in [-0.2, 0) is 12.8 Å². The summed E-state index contributed by atoms with van der Waals surface area (Å²) in [5.74, 6) is -0.0663. The van der Waals surface area contributed by atoms with Gasteiger partial charge in [0, 0.05) is 38.9 Å². The van der Waals surface area contributed by atoms with Crippen molar-refractivity contribution in [3.63, 3.8) is 0 Å². The van der Waals surface area contributed by atoms with Gasteiger partial charge in [0.05, 0.1) is 5.56 Å². The van der Waals surface area contributed by atoms with Gasteiger partial charge in [0.1, 0.15) is 5.00 Å². The van der Waals surface area contributed by atoms with Crippen LogP contribution in [0, 0.1) is 6.92 Å². The summed E-state index contributed by atoms with van der Waals surface area (Å²) in [6.45, 7) is 2.06. The number of fused-ring (bicyclic) bond motifs is 2. The van der Waals surface area contributed by atoms with Crippen molar-refractivity contribution in [1.82, 2.24) is 4.98 Å². The zero-order chi connectivity index (χ0) is 20.5. The average molecular weight is 414 g/mol. The molecule has 2 heterocycles. The molecule has 4 nitrogen and oxygen atoms in total. The highest BCUT2D eigenvalue weighted by atomic mass is 32.1. The van der Waals surface area contributed by atoms with Crippen molar-refractivity contribution in [2.24, 2.45) is 4.99 Å². The summed E-state index contributed by atoms with van der Waals surface area (Å²) in [6.07, 6.45) is 6.20. The molecule has 0 radical (unpaired) electrons. The van der Waals surface area contributed by atoms with Crippen LogP contribution in [0.1, 0.15) is 44.9 Å². The number of carbonyl (C=O) groups excluding carboxylic acids is 1. The Bertz CT molecular complexity index is 1250. The SMILES string of the molecule is Cc1[nH]c2ccccc2c1C=Nc1sc2c(c1C(=O)Nc1ccccc1)CCCC2. The number of amides is 1. The van der Waals surface area contributed by atoms with E-state index < -0.39 is 0 Å². The maximum atomic E-state index is 13.2. The summed E-state index contributed by atoms with van der Waals surface area (Å²) in [6, 6.07) is 17.9. The van der Waals surface area contributed by atoms with E-state index in [2.05, 4.69) is 29.4 Å². The third-order valence-corrected chi connectivity index (χ3v) is 6.87. The van der Waals surface area contributed by atoms with Crippen molar-refractivity contribution in [1.29, 1.82) is 0 Å². The number of hydrogen-bond donors (Lipinski definition) is 2. The van der Waals surface area contributed by atoms with Crippen molar-refractivity contribution >= 4 is 45.0 Å². The van der Waals surface area contributed by atoms with Gasteiger partial charge in [0.25, 0.3) is 5.91 Å². The predicted molar refractivity (Wildman–Crippen MR) is 126 cm³/mol. The molecule has 0 aliphatic heterocycles. The second-order valence-corrected chi connectivity index (χ2v) is 8.76. The Labute approximate surface area is 179 Å². The summed E-state index contributed by atoms with van der Waals surface area (Å²) in [5, 5.41) is 5.01. The Morgan fingerprint density at radius 2 is 1.83 bits per heavy atom. The molecule has 2 aromatic carbocycles. The van der Waals surface area contributed by atoms with Gasteiger partial charge in [-0.2, -0.15) is 0 Å². The first-order chi connectivity index (χ1) is 14.7. The molecule has 0 unspecified atom stereocenters. The molecule has 0 bridgehead atoms. The number of nitrogens with one attached hydrogen (secondary N) is 2. The maximum Gasteiger partial charge on any atom is 0.259 e. The molecule has 0 fully saturated rings. The molecule has 2 aromatic heterocycles. The minimum absolute atomic E-state index is 0.0663. The van der Waals surface area contributed by atoms with E-state index in [-0.39, 0.29) is 5.91 Å². The second kappa shape index (κ2) is 7.92. The Hall–Kier alpha value is -3.18. The molecule has 1 amide bonds. The zero-order valence-electron chi connectivity index (χ0n) is 16.9. The Morgan fingerprint density at radius 3 is 2.70 bits per heavy atom. The molecular weight excluding hydrogens is 390 g/mol. The summed E-state index contributed by atoms with van der Waals surface area (Å²) < 4.78 is 0. The van der Waals surface area contributed by atoms with Crippen molar-refractivity contribution in [3.05, 3.63) is 81.9 Å². The van der Waals surface area contributed by atoms with Crippen LogP contribution < -0.4 is 5.32 Å². The van der Waals surface area contributed by atoms with Gasteiger partial charge in [-0.3, -0.25) is 4.79 Å². The molecular formula is C25H23N3OS. The lowest BCUT2D eigenvalue weighted by Crippen LogP contribution is -2.14. The van der Waals surface area contributed by atoms with Crippen LogP contribution >= 0.6 is 11.3 Å². The fourth-order valence-corrected chi connectivity index (χ4v) is 5.41. The second-order valence-electron chi connectivity index (χ2n) is 7.68. The Balaban J connectivity index is 1.54. The number of H-pyrrole nitrogens is 1. The molecule has 4 aromatic rings. The van der Waals surface area contributed by atoms with Gasteiger partial charge in [-0.05, 0) is 56.4 Å². The first kappa shape index (κ1) is 18.8. The smallest absolute Gasteiger partial charge is 0.259 e. The van der Waals surface area contributed by atoms with Crippen LogP contribution in [-0.4, -0.2) is 17.1 Å². The third kappa shape index (κ3) is 3.46. The summed E-state index contributed by atoms with van der Waals surface area (Å²) in [4.78, 5) is 22.8. The van der Waals surface area contributed by atoms with Crippen LogP contribution in [0.3, 0.4) is 0 Å². The number of para-hydroxylation sites is 2. The van der Waals surface area contributed by atoms with Crippen LogP contribution in [0.15, 0.2) is 59.6 Å². The van der Waals surface area contributed by atoms with Crippen molar-refractivity contribution in [3.8, 4) is 0 Å². The molecule has 5 heteroatoms. The summed E-state index contributed by atoms with van der Waals surface area (Å²) in [7, 11) is 0. The van der Waals surface area contributed by atoms with Crippen molar-refractivity contribution in [2.75, 3.05) is 5.32 Å². The monoisotopic (exact) mass is 413 g/mol. The molecule has 0 saturated carbocycles. The fourth-order valence-electron chi connectivity index (χ4n) is 4.18. The van der Waals surface area contributed by atoms with Crippen LogP contribution in [0.2, 0.25) is 0 Å². The molecule has 0 saturated heterocycles. The molecule has 0 spiro atoms. The molecule has 1 aliphatic carbocycles. The number of aliphatic imine (C=N–C) groups is 1.